The van der Waals surface area contributed by atoms with E-state index in [1.807, 2.05) is 77.4 Å². The van der Waals surface area contributed by atoms with Crippen LogP contribution in [0.5, 0.6) is 0 Å². The van der Waals surface area contributed by atoms with Gasteiger partial charge in [0.05, 0.1) is 5.75 Å². The van der Waals surface area contributed by atoms with Crippen LogP contribution in [0, 0.1) is 0 Å². The fraction of sp³-hybridized carbons (Fsp3) is 0.0909. The molecule has 1 amide bonds. The Morgan fingerprint density at radius 1 is 0.931 bits per heavy atom. The number of thioether (sulfide) groups is 1. The van der Waals surface area contributed by atoms with Crippen molar-refractivity contribution in [3.63, 3.8) is 0 Å². The highest BCUT2D eigenvalue weighted by Gasteiger charge is 2.17. The molecule has 2 aromatic carbocycles. The summed E-state index contributed by atoms with van der Waals surface area (Å²) in [6.07, 6.45) is 3.45. The van der Waals surface area contributed by atoms with Gasteiger partial charge in [-0.3, -0.25) is 14.3 Å². The van der Waals surface area contributed by atoms with Crippen molar-refractivity contribution in [2.45, 2.75) is 11.7 Å². The Hall–Kier alpha value is -3.45. The quantitative estimate of drug-likeness (QED) is 0.478. The molecule has 0 aliphatic heterocycles. The van der Waals surface area contributed by atoms with E-state index in [0.717, 1.165) is 22.6 Å². The molecule has 4 rings (SSSR count). The molecule has 29 heavy (non-hydrogen) atoms. The minimum absolute atomic E-state index is 0.0669. The van der Waals surface area contributed by atoms with E-state index in [2.05, 4.69) is 20.5 Å². The maximum atomic E-state index is 12.3. The lowest BCUT2D eigenvalue weighted by molar-refractivity contribution is -0.118. The molecule has 0 aliphatic carbocycles. The number of hydrogen-bond acceptors (Lipinski definition) is 5. The second-order valence-electron chi connectivity index (χ2n) is 6.27. The number of aromatic nitrogens is 4. The number of nitrogens with one attached hydrogen (secondary N) is 1. The number of carbonyl (C=O) groups is 1. The van der Waals surface area contributed by atoms with Gasteiger partial charge in [-0.1, -0.05) is 66.4 Å². The van der Waals surface area contributed by atoms with Crippen LogP contribution in [0.4, 0.5) is 0 Å². The SMILES string of the molecule is O=C(CSc1nnc(-c2ccccc2)n1-c1ccccc1)NCc1cccnc1. The van der Waals surface area contributed by atoms with Gasteiger partial charge in [0.25, 0.3) is 0 Å². The van der Waals surface area contributed by atoms with Crippen LogP contribution >= 0.6 is 11.8 Å². The van der Waals surface area contributed by atoms with E-state index in [-0.39, 0.29) is 11.7 Å². The second-order valence-corrected chi connectivity index (χ2v) is 7.21. The van der Waals surface area contributed by atoms with Gasteiger partial charge < -0.3 is 5.32 Å². The average molecular weight is 401 g/mol. The van der Waals surface area contributed by atoms with Crippen LogP contribution < -0.4 is 5.32 Å². The number of amides is 1. The smallest absolute Gasteiger partial charge is 0.230 e. The van der Waals surface area contributed by atoms with Gasteiger partial charge in [0.15, 0.2) is 11.0 Å². The van der Waals surface area contributed by atoms with E-state index >= 15 is 0 Å². The van der Waals surface area contributed by atoms with Gasteiger partial charge in [0.2, 0.25) is 5.91 Å². The zero-order valence-electron chi connectivity index (χ0n) is 15.6. The molecule has 0 unspecified atom stereocenters. The van der Waals surface area contributed by atoms with Crippen LogP contribution in [0.25, 0.3) is 17.1 Å². The van der Waals surface area contributed by atoms with Gasteiger partial charge >= 0.3 is 0 Å². The summed E-state index contributed by atoms with van der Waals surface area (Å²) in [6.45, 7) is 0.452. The molecule has 2 aromatic heterocycles. The van der Waals surface area contributed by atoms with Crippen LogP contribution in [0.15, 0.2) is 90.3 Å². The first-order valence-corrected chi connectivity index (χ1v) is 10.1. The Bertz CT molecular complexity index is 1070. The lowest BCUT2D eigenvalue weighted by Gasteiger charge is -2.10. The third-order valence-electron chi connectivity index (χ3n) is 4.22. The fourth-order valence-electron chi connectivity index (χ4n) is 2.83. The number of para-hydroxylation sites is 1. The molecule has 2 heterocycles. The van der Waals surface area contributed by atoms with Crippen LogP contribution in [-0.2, 0) is 11.3 Å². The second kappa shape index (κ2) is 9.16. The van der Waals surface area contributed by atoms with Crippen molar-refractivity contribution in [2.24, 2.45) is 0 Å². The van der Waals surface area contributed by atoms with Gasteiger partial charge in [0.1, 0.15) is 0 Å². The summed E-state index contributed by atoms with van der Waals surface area (Å²) in [5.41, 5.74) is 2.89. The molecule has 0 saturated heterocycles. The van der Waals surface area contributed by atoms with Crippen molar-refractivity contribution in [3.8, 4) is 17.1 Å². The van der Waals surface area contributed by atoms with Gasteiger partial charge in [-0.2, -0.15) is 0 Å². The molecule has 7 heteroatoms. The van der Waals surface area contributed by atoms with Gasteiger partial charge in [0, 0.05) is 30.2 Å². The van der Waals surface area contributed by atoms with Crippen LogP contribution in [-0.4, -0.2) is 31.4 Å². The number of hydrogen-bond donors (Lipinski definition) is 1. The number of nitrogens with zero attached hydrogens (tertiary/aromatic N) is 4. The molecular formula is C22H19N5OS. The van der Waals surface area contributed by atoms with Crippen molar-refractivity contribution >= 4 is 17.7 Å². The van der Waals surface area contributed by atoms with Crippen molar-refractivity contribution in [3.05, 3.63) is 90.8 Å². The first-order valence-electron chi connectivity index (χ1n) is 9.16. The molecule has 144 valence electrons. The number of carbonyl (C=O) groups excluding carboxylic acids is 1. The largest absolute Gasteiger partial charge is 0.351 e. The third-order valence-corrected chi connectivity index (χ3v) is 5.15. The van der Waals surface area contributed by atoms with Gasteiger partial charge in [-0.25, -0.2) is 0 Å². The maximum absolute atomic E-state index is 12.3. The lowest BCUT2D eigenvalue weighted by atomic mass is 10.2. The Labute approximate surface area is 173 Å². The highest BCUT2D eigenvalue weighted by Crippen LogP contribution is 2.27. The summed E-state index contributed by atoms with van der Waals surface area (Å²) >= 11 is 1.36. The van der Waals surface area contributed by atoms with Crippen LogP contribution in [0.1, 0.15) is 5.56 Å². The Morgan fingerprint density at radius 3 is 2.41 bits per heavy atom. The fourth-order valence-corrected chi connectivity index (χ4v) is 3.61. The van der Waals surface area contributed by atoms with Crippen molar-refractivity contribution in [1.29, 1.82) is 0 Å². The monoisotopic (exact) mass is 401 g/mol. The van der Waals surface area contributed by atoms with E-state index in [0.29, 0.717) is 11.7 Å². The predicted octanol–water partition coefficient (Wildman–Crippen LogP) is 3.74. The van der Waals surface area contributed by atoms with Crippen molar-refractivity contribution in [2.75, 3.05) is 5.75 Å². The zero-order chi connectivity index (χ0) is 19.9. The van der Waals surface area contributed by atoms with Crippen LogP contribution in [0.3, 0.4) is 0 Å². The molecule has 0 saturated carbocycles. The minimum atomic E-state index is -0.0669. The van der Waals surface area contributed by atoms with E-state index < -0.39 is 0 Å². The standard InChI is InChI=1S/C22H19N5OS/c28-20(24-15-17-8-7-13-23-14-17)16-29-22-26-25-21(18-9-3-1-4-10-18)27(22)19-11-5-2-6-12-19/h1-14H,15-16H2,(H,24,28). The molecule has 0 aliphatic rings. The topological polar surface area (TPSA) is 72.7 Å². The molecule has 4 aromatic rings. The molecule has 0 radical (unpaired) electrons. The Balaban J connectivity index is 1.51. The highest BCUT2D eigenvalue weighted by atomic mass is 32.2. The Kier molecular flexibility index (Phi) is 5.97. The summed E-state index contributed by atoms with van der Waals surface area (Å²) in [5.74, 6) is 0.929. The van der Waals surface area contributed by atoms with E-state index in [9.17, 15) is 4.79 Å². The number of pyridine rings is 1. The molecule has 0 spiro atoms. The number of rotatable bonds is 7. The molecule has 0 bridgehead atoms. The molecule has 1 N–H and O–H groups in total. The molecule has 0 fully saturated rings. The van der Waals surface area contributed by atoms with Crippen molar-refractivity contribution < 1.29 is 4.79 Å². The predicted molar refractivity (Wildman–Crippen MR) is 114 cm³/mol. The average Bonchev–Trinajstić information content (AvgIpc) is 3.22. The summed E-state index contributed by atoms with van der Waals surface area (Å²) in [6, 6.07) is 23.6. The highest BCUT2D eigenvalue weighted by molar-refractivity contribution is 7.99. The lowest BCUT2D eigenvalue weighted by Crippen LogP contribution is -2.24. The zero-order valence-corrected chi connectivity index (χ0v) is 16.4. The minimum Gasteiger partial charge on any atom is -0.351 e. The first-order chi connectivity index (χ1) is 14.3. The van der Waals surface area contributed by atoms with E-state index in [1.165, 1.54) is 11.8 Å². The maximum Gasteiger partial charge on any atom is 0.230 e. The summed E-state index contributed by atoms with van der Waals surface area (Å²) < 4.78 is 1.98. The summed E-state index contributed by atoms with van der Waals surface area (Å²) in [4.78, 5) is 16.4. The molecular weight excluding hydrogens is 382 g/mol. The van der Waals surface area contributed by atoms with E-state index in [4.69, 9.17) is 0 Å². The first kappa shape index (κ1) is 18.9. The van der Waals surface area contributed by atoms with Crippen molar-refractivity contribution in [1.82, 2.24) is 25.1 Å². The van der Waals surface area contributed by atoms with Gasteiger partial charge in [-0.15, -0.1) is 10.2 Å². The summed E-state index contributed by atoms with van der Waals surface area (Å²) in [7, 11) is 0. The molecule has 6 nitrogen and oxygen atoms in total. The van der Waals surface area contributed by atoms with E-state index in [1.54, 1.807) is 12.4 Å². The summed E-state index contributed by atoms with van der Waals surface area (Å²) in [5, 5.41) is 12.3. The molecule has 0 atom stereocenters. The normalized spacial score (nSPS) is 10.6. The number of benzene rings is 2. The van der Waals surface area contributed by atoms with Gasteiger partial charge in [-0.05, 0) is 23.8 Å². The third kappa shape index (κ3) is 4.70. The Morgan fingerprint density at radius 2 is 1.69 bits per heavy atom. The van der Waals surface area contributed by atoms with Crippen LogP contribution in [0.2, 0.25) is 0 Å².